The summed E-state index contributed by atoms with van der Waals surface area (Å²) in [6.07, 6.45) is -0.0147. The van der Waals surface area contributed by atoms with Gasteiger partial charge in [-0.05, 0) is 6.42 Å². The lowest BCUT2D eigenvalue weighted by Gasteiger charge is -1.95. The predicted molar refractivity (Wildman–Crippen MR) is 24.9 cm³/mol. The van der Waals surface area contributed by atoms with Gasteiger partial charge in [0, 0.05) is 6.42 Å². The number of rotatable bonds is 0. The highest BCUT2D eigenvalue weighted by molar-refractivity contribution is 6.19. The average molecular weight is 125 g/mol. The standard InChI is InChI=1S/C4H6ClFO/c5-3-1-2-4(6)7-3/h3-4H,1-2H2. The fraction of sp³-hybridized carbons (Fsp3) is 1.00. The molecule has 1 rings (SSSR count). The maximum Gasteiger partial charge on any atom is 0.200 e. The van der Waals surface area contributed by atoms with Crippen LogP contribution >= 0.6 is 11.6 Å². The third-order valence-electron chi connectivity index (χ3n) is 0.916. The van der Waals surface area contributed by atoms with E-state index in [0.29, 0.717) is 12.8 Å². The molecule has 0 amide bonds. The van der Waals surface area contributed by atoms with E-state index in [1.165, 1.54) is 0 Å². The van der Waals surface area contributed by atoms with Crippen LogP contribution in [0.3, 0.4) is 0 Å². The van der Waals surface area contributed by atoms with Gasteiger partial charge in [-0.1, -0.05) is 11.6 Å². The van der Waals surface area contributed by atoms with Crippen LogP contribution in [0.15, 0.2) is 0 Å². The maximum absolute atomic E-state index is 11.9. The van der Waals surface area contributed by atoms with Crippen molar-refractivity contribution in [1.82, 2.24) is 0 Å². The third-order valence-corrected chi connectivity index (χ3v) is 1.24. The molecule has 1 aliphatic heterocycles. The summed E-state index contributed by atoms with van der Waals surface area (Å²) in [6, 6.07) is 0. The highest BCUT2D eigenvalue weighted by Gasteiger charge is 2.21. The topological polar surface area (TPSA) is 9.23 Å². The van der Waals surface area contributed by atoms with E-state index in [4.69, 9.17) is 11.6 Å². The molecule has 1 heterocycles. The van der Waals surface area contributed by atoms with Gasteiger partial charge < -0.3 is 4.74 Å². The normalized spacial score (nSPS) is 42.0. The van der Waals surface area contributed by atoms with Crippen LogP contribution in [-0.2, 0) is 4.74 Å². The molecular weight excluding hydrogens is 118 g/mol. The van der Waals surface area contributed by atoms with E-state index in [2.05, 4.69) is 4.74 Å². The third kappa shape index (κ3) is 1.28. The van der Waals surface area contributed by atoms with Crippen molar-refractivity contribution in [2.24, 2.45) is 0 Å². The van der Waals surface area contributed by atoms with Crippen LogP contribution in [0.1, 0.15) is 12.8 Å². The summed E-state index contributed by atoms with van der Waals surface area (Å²) in [6.45, 7) is 0. The predicted octanol–water partition coefficient (Wildman–Crippen LogP) is 1.66. The van der Waals surface area contributed by atoms with Gasteiger partial charge in [0.15, 0.2) is 0 Å². The largest absolute Gasteiger partial charge is 0.329 e. The Morgan fingerprint density at radius 1 is 1.57 bits per heavy atom. The number of ether oxygens (including phenoxy) is 1. The quantitative estimate of drug-likeness (QED) is 0.447. The van der Waals surface area contributed by atoms with Crippen molar-refractivity contribution in [3.05, 3.63) is 0 Å². The van der Waals surface area contributed by atoms with Crippen molar-refractivity contribution in [2.45, 2.75) is 24.8 Å². The first-order valence-corrected chi connectivity index (χ1v) is 2.66. The van der Waals surface area contributed by atoms with E-state index in [1.54, 1.807) is 0 Å². The Bertz CT molecular complexity index is 60.7. The van der Waals surface area contributed by atoms with Gasteiger partial charge in [0.1, 0.15) is 5.56 Å². The SMILES string of the molecule is FC1CCC(Cl)O1. The number of hydrogen-bond donors (Lipinski definition) is 0. The van der Waals surface area contributed by atoms with Gasteiger partial charge in [0.2, 0.25) is 6.36 Å². The van der Waals surface area contributed by atoms with Gasteiger partial charge in [-0.3, -0.25) is 0 Å². The highest BCUT2D eigenvalue weighted by Crippen LogP contribution is 2.22. The van der Waals surface area contributed by atoms with Gasteiger partial charge in [-0.2, -0.15) is 0 Å². The lowest BCUT2D eigenvalue weighted by molar-refractivity contribution is -0.00528. The van der Waals surface area contributed by atoms with E-state index < -0.39 is 6.36 Å². The van der Waals surface area contributed by atoms with Crippen LogP contribution in [0.5, 0.6) is 0 Å². The molecule has 2 atom stereocenters. The summed E-state index contributed by atoms with van der Waals surface area (Å²) < 4.78 is 16.3. The summed E-state index contributed by atoms with van der Waals surface area (Å²) in [5.41, 5.74) is -0.380. The molecule has 1 saturated heterocycles. The van der Waals surface area contributed by atoms with Gasteiger partial charge in [0.05, 0.1) is 0 Å². The summed E-state index contributed by atoms with van der Waals surface area (Å²) in [4.78, 5) is 0. The summed E-state index contributed by atoms with van der Waals surface area (Å²) in [5, 5.41) is 0. The zero-order chi connectivity index (χ0) is 5.28. The Labute approximate surface area is 46.4 Å². The van der Waals surface area contributed by atoms with Crippen LogP contribution < -0.4 is 0 Å². The number of alkyl halides is 2. The zero-order valence-corrected chi connectivity index (χ0v) is 4.49. The molecule has 0 bridgehead atoms. The van der Waals surface area contributed by atoms with Gasteiger partial charge >= 0.3 is 0 Å². The molecule has 0 spiro atoms. The van der Waals surface area contributed by atoms with Crippen molar-refractivity contribution < 1.29 is 9.13 Å². The minimum Gasteiger partial charge on any atom is -0.329 e. The maximum atomic E-state index is 11.9. The monoisotopic (exact) mass is 124 g/mol. The molecule has 7 heavy (non-hydrogen) atoms. The van der Waals surface area contributed by atoms with E-state index in [-0.39, 0.29) is 5.56 Å². The molecule has 2 unspecified atom stereocenters. The number of hydrogen-bond acceptors (Lipinski definition) is 1. The molecule has 0 aromatic rings. The molecule has 1 fully saturated rings. The lowest BCUT2D eigenvalue weighted by atomic mass is 10.4. The zero-order valence-electron chi connectivity index (χ0n) is 3.73. The Hall–Kier alpha value is 0.180. The first-order valence-electron chi connectivity index (χ1n) is 2.22. The van der Waals surface area contributed by atoms with Crippen LogP contribution in [0.2, 0.25) is 0 Å². The Kier molecular flexibility index (Phi) is 1.50. The van der Waals surface area contributed by atoms with Gasteiger partial charge in [0.25, 0.3) is 0 Å². The molecule has 0 aliphatic carbocycles. The molecule has 3 heteroatoms. The molecule has 0 radical (unpaired) electrons. The van der Waals surface area contributed by atoms with Crippen molar-refractivity contribution in [1.29, 1.82) is 0 Å². The van der Waals surface area contributed by atoms with Crippen LogP contribution in [0, 0.1) is 0 Å². The molecule has 1 aliphatic rings. The van der Waals surface area contributed by atoms with E-state index >= 15 is 0 Å². The fourth-order valence-electron chi connectivity index (χ4n) is 0.558. The van der Waals surface area contributed by atoms with E-state index in [9.17, 15) is 4.39 Å². The van der Waals surface area contributed by atoms with Crippen molar-refractivity contribution in [3.8, 4) is 0 Å². The minimum absolute atomic E-state index is 0.380. The van der Waals surface area contributed by atoms with Crippen LogP contribution in [-0.4, -0.2) is 11.9 Å². The molecule has 0 N–H and O–H groups in total. The highest BCUT2D eigenvalue weighted by atomic mass is 35.5. The summed E-state index contributed by atoms with van der Waals surface area (Å²) in [7, 11) is 0. The van der Waals surface area contributed by atoms with Gasteiger partial charge in [-0.25, -0.2) is 4.39 Å². The lowest BCUT2D eigenvalue weighted by Crippen LogP contribution is -1.97. The Morgan fingerprint density at radius 3 is 2.43 bits per heavy atom. The first kappa shape index (κ1) is 5.32. The Morgan fingerprint density at radius 2 is 2.29 bits per heavy atom. The first-order chi connectivity index (χ1) is 3.29. The number of halogens is 2. The second-order valence-electron chi connectivity index (χ2n) is 1.53. The smallest absolute Gasteiger partial charge is 0.200 e. The molecule has 42 valence electrons. The molecule has 0 aromatic heterocycles. The van der Waals surface area contributed by atoms with Crippen LogP contribution in [0.4, 0.5) is 4.39 Å². The average Bonchev–Trinajstić information content (AvgIpc) is 1.87. The van der Waals surface area contributed by atoms with Crippen LogP contribution in [0.25, 0.3) is 0 Å². The van der Waals surface area contributed by atoms with Crippen molar-refractivity contribution in [2.75, 3.05) is 0 Å². The summed E-state index contributed by atoms with van der Waals surface area (Å²) in [5.74, 6) is 0. The molecular formula is C4H6ClFO. The fourth-order valence-corrected chi connectivity index (χ4v) is 0.796. The van der Waals surface area contributed by atoms with Gasteiger partial charge in [-0.15, -0.1) is 0 Å². The molecule has 0 saturated carbocycles. The minimum atomic E-state index is -1.11. The van der Waals surface area contributed by atoms with E-state index in [1.807, 2.05) is 0 Å². The Balaban J connectivity index is 2.26. The second-order valence-corrected chi connectivity index (χ2v) is 2.02. The van der Waals surface area contributed by atoms with Crippen molar-refractivity contribution in [3.63, 3.8) is 0 Å². The molecule has 1 nitrogen and oxygen atoms in total. The van der Waals surface area contributed by atoms with Crippen molar-refractivity contribution >= 4 is 11.6 Å². The molecule has 0 aromatic carbocycles. The summed E-state index contributed by atoms with van der Waals surface area (Å²) >= 11 is 5.34. The van der Waals surface area contributed by atoms with E-state index in [0.717, 1.165) is 0 Å². The second kappa shape index (κ2) is 1.97.